The summed E-state index contributed by atoms with van der Waals surface area (Å²) in [6.07, 6.45) is 10.3. The van der Waals surface area contributed by atoms with Crippen LogP contribution in [-0.2, 0) is 13.1 Å². The van der Waals surface area contributed by atoms with Gasteiger partial charge in [-0.25, -0.2) is 4.39 Å². The van der Waals surface area contributed by atoms with E-state index in [9.17, 15) is 4.39 Å². The van der Waals surface area contributed by atoms with E-state index in [0.717, 1.165) is 30.5 Å². The number of rotatable bonds is 6. The van der Waals surface area contributed by atoms with Crippen LogP contribution in [0.3, 0.4) is 0 Å². The van der Waals surface area contributed by atoms with Crippen LogP contribution in [0.5, 0.6) is 0 Å². The fourth-order valence-corrected chi connectivity index (χ4v) is 2.79. The number of nitrogens with zero attached hydrogens (tertiary/aromatic N) is 1. The van der Waals surface area contributed by atoms with Crippen LogP contribution in [0.25, 0.3) is 0 Å². The third-order valence-corrected chi connectivity index (χ3v) is 4.52. The molecule has 118 valence electrons. The summed E-state index contributed by atoms with van der Waals surface area (Å²) in [5, 5.41) is 0. The molecule has 2 heteroatoms. The Morgan fingerprint density at radius 2 is 2.14 bits per heavy atom. The van der Waals surface area contributed by atoms with Gasteiger partial charge in [0.2, 0.25) is 0 Å². The van der Waals surface area contributed by atoms with E-state index in [2.05, 4.69) is 43.6 Å². The molecule has 0 aromatic heterocycles. The molecule has 0 amide bonds. The van der Waals surface area contributed by atoms with E-state index >= 15 is 0 Å². The Morgan fingerprint density at radius 1 is 1.36 bits per heavy atom. The molecule has 1 aromatic carbocycles. The molecule has 0 unspecified atom stereocenters. The van der Waals surface area contributed by atoms with Crippen LogP contribution < -0.4 is 0 Å². The monoisotopic (exact) mass is 299 g/mol. The lowest BCUT2D eigenvalue weighted by Crippen LogP contribution is -2.40. The van der Waals surface area contributed by atoms with Gasteiger partial charge >= 0.3 is 0 Å². The first-order valence-electron chi connectivity index (χ1n) is 7.91. The summed E-state index contributed by atoms with van der Waals surface area (Å²) in [6.45, 7) is 11.8. The van der Waals surface area contributed by atoms with Crippen LogP contribution >= 0.6 is 0 Å². The van der Waals surface area contributed by atoms with Gasteiger partial charge in [0.25, 0.3) is 0 Å². The Hall–Kier alpha value is -1.67. The molecule has 1 aliphatic rings. The van der Waals surface area contributed by atoms with E-state index in [4.69, 9.17) is 0 Å². The molecule has 0 radical (unpaired) electrons. The third-order valence-electron chi connectivity index (χ3n) is 4.52. The van der Waals surface area contributed by atoms with E-state index in [0.29, 0.717) is 6.54 Å². The highest BCUT2D eigenvalue weighted by molar-refractivity contribution is 5.32. The maximum Gasteiger partial charge on any atom is 0.128 e. The van der Waals surface area contributed by atoms with Crippen molar-refractivity contribution in [1.29, 1.82) is 0 Å². The van der Waals surface area contributed by atoms with Gasteiger partial charge < -0.3 is 0 Å². The topological polar surface area (TPSA) is 3.24 Å². The summed E-state index contributed by atoms with van der Waals surface area (Å²) >= 11 is 0. The van der Waals surface area contributed by atoms with Crippen molar-refractivity contribution in [2.24, 2.45) is 0 Å². The van der Waals surface area contributed by atoms with Crippen molar-refractivity contribution in [2.75, 3.05) is 0 Å². The Morgan fingerprint density at radius 3 is 2.82 bits per heavy atom. The number of fused-ring (bicyclic) bond motifs is 1. The summed E-state index contributed by atoms with van der Waals surface area (Å²) in [7, 11) is 0. The molecule has 0 saturated carbocycles. The van der Waals surface area contributed by atoms with Gasteiger partial charge in [-0.2, -0.15) is 0 Å². The van der Waals surface area contributed by atoms with E-state index < -0.39 is 0 Å². The SMILES string of the molecule is C=C/C(C)=C\C=C\CCC(C)(C)N1Cc2cccc(F)c2C1. The first-order valence-corrected chi connectivity index (χ1v) is 7.91. The minimum atomic E-state index is -0.0688. The molecule has 0 bridgehead atoms. The molecule has 0 spiro atoms. The number of benzene rings is 1. The molecule has 22 heavy (non-hydrogen) atoms. The molecule has 0 N–H and O–H groups in total. The van der Waals surface area contributed by atoms with Gasteiger partial charge in [-0.3, -0.25) is 4.90 Å². The third kappa shape index (κ3) is 3.95. The molecule has 0 aliphatic carbocycles. The largest absolute Gasteiger partial charge is 0.290 e. The van der Waals surface area contributed by atoms with Crippen molar-refractivity contribution < 1.29 is 4.39 Å². The van der Waals surface area contributed by atoms with Crippen molar-refractivity contribution in [3.05, 3.63) is 71.6 Å². The zero-order valence-electron chi connectivity index (χ0n) is 13.9. The summed E-state index contributed by atoms with van der Waals surface area (Å²) in [5.74, 6) is -0.0688. The van der Waals surface area contributed by atoms with Crippen molar-refractivity contribution in [3.63, 3.8) is 0 Å². The highest BCUT2D eigenvalue weighted by Crippen LogP contribution is 2.33. The van der Waals surface area contributed by atoms with E-state index in [-0.39, 0.29) is 11.4 Å². The second-order valence-electron chi connectivity index (χ2n) is 6.63. The zero-order chi connectivity index (χ0) is 16.2. The summed E-state index contributed by atoms with van der Waals surface area (Å²) in [6, 6.07) is 5.41. The van der Waals surface area contributed by atoms with Gasteiger partial charge in [0.05, 0.1) is 0 Å². The standard InChI is InChI=1S/C20H26FN/c1-5-16(2)10-7-6-8-13-20(3,4)22-14-17-11-9-12-19(21)18(17)15-22/h5-7,9-12H,1,8,13-15H2,2-4H3/b7-6+,16-10-. The van der Waals surface area contributed by atoms with Crippen LogP contribution in [0.1, 0.15) is 44.7 Å². The maximum absolute atomic E-state index is 13.9. The van der Waals surface area contributed by atoms with Gasteiger partial charge in [-0.15, -0.1) is 0 Å². The molecule has 1 aliphatic heterocycles. The van der Waals surface area contributed by atoms with Gasteiger partial charge in [-0.05, 0) is 45.2 Å². The maximum atomic E-state index is 13.9. The van der Waals surface area contributed by atoms with Crippen LogP contribution in [-0.4, -0.2) is 10.4 Å². The Kier molecular flexibility index (Phi) is 5.36. The average molecular weight is 299 g/mol. The minimum Gasteiger partial charge on any atom is -0.290 e. The first kappa shape index (κ1) is 16.7. The number of allylic oxidation sites excluding steroid dienone is 5. The normalized spacial score (nSPS) is 16.3. The average Bonchev–Trinajstić information content (AvgIpc) is 2.93. The van der Waals surface area contributed by atoms with Crippen molar-refractivity contribution in [2.45, 2.75) is 52.2 Å². The van der Waals surface area contributed by atoms with E-state index in [1.54, 1.807) is 6.07 Å². The second-order valence-corrected chi connectivity index (χ2v) is 6.63. The van der Waals surface area contributed by atoms with Crippen molar-refractivity contribution in [3.8, 4) is 0 Å². The van der Waals surface area contributed by atoms with Crippen molar-refractivity contribution >= 4 is 0 Å². The summed E-state index contributed by atoms with van der Waals surface area (Å²) < 4.78 is 13.9. The van der Waals surface area contributed by atoms with Gasteiger partial charge in [0.15, 0.2) is 0 Å². The molecular formula is C20H26FN. The zero-order valence-corrected chi connectivity index (χ0v) is 13.9. The predicted molar refractivity (Wildman–Crippen MR) is 92.1 cm³/mol. The molecule has 1 aromatic rings. The molecular weight excluding hydrogens is 273 g/mol. The summed E-state index contributed by atoms with van der Waals surface area (Å²) in [5.41, 5.74) is 3.23. The lowest BCUT2D eigenvalue weighted by molar-refractivity contribution is 0.109. The first-order chi connectivity index (χ1) is 10.4. The van der Waals surface area contributed by atoms with Crippen LogP contribution in [0.2, 0.25) is 0 Å². The molecule has 0 atom stereocenters. The number of hydrogen-bond donors (Lipinski definition) is 0. The Labute approximate surface area is 133 Å². The lowest BCUT2D eigenvalue weighted by atomic mass is 9.96. The Bertz CT molecular complexity index is 596. The number of hydrogen-bond acceptors (Lipinski definition) is 1. The minimum absolute atomic E-state index is 0.0625. The number of halogens is 1. The van der Waals surface area contributed by atoms with E-state index in [1.165, 1.54) is 5.57 Å². The van der Waals surface area contributed by atoms with Crippen LogP contribution in [0.4, 0.5) is 4.39 Å². The highest BCUT2D eigenvalue weighted by atomic mass is 19.1. The van der Waals surface area contributed by atoms with Crippen LogP contribution in [0, 0.1) is 5.82 Å². The van der Waals surface area contributed by atoms with Gasteiger partial charge in [0.1, 0.15) is 5.82 Å². The van der Waals surface area contributed by atoms with E-state index in [1.807, 2.05) is 25.1 Å². The molecule has 1 nitrogen and oxygen atoms in total. The molecule has 2 rings (SSSR count). The quantitative estimate of drug-likeness (QED) is 0.637. The second kappa shape index (κ2) is 7.06. The van der Waals surface area contributed by atoms with Gasteiger partial charge in [0, 0.05) is 24.2 Å². The molecule has 1 heterocycles. The van der Waals surface area contributed by atoms with Crippen molar-refractivity contribution in [1.82, 2.24) is 4.90 Å². The fraction of sp³-hybridized carbons (Fsp3) is 0.400. The lowest BCUT2D eigenvalue weighted by Gasteiger charge is -2.35. The Balaban J connectivity index is 1.92. The van der Waals surface area contributed by atoms with Crippen LogP contribution in [0.15, 0.2) is 54.7 Å². The highest BCUT2D eigenvalue weighted by Gasteiger charge is 2.32. The smallest absolute Gasteiger partial charge is 0.128 e. The molecule has 0 fully saturated rings. The predicted octanol–water partition coefficient (Wildman–Crippen LogP) is 5.39. The van der Waals surface area contributed by atoms with Gasteiger partial charge in [-0.1, -0.05) is 48.6 Å². The fourth-order valence-electron chi connectivity index (χ4n) is 2.79. The molecule has 0 saturated heterocycles. The summed E-state index contributed by atoms with van der Waals surface area (Å²) in [4.78, 5) is 2.37.